The maximum Gasteiger partial charge on any atom is 0.174 e. The molecule has 6 heteroatoms. The van der Waals surface area contributed by atoms with Gasteiger partial charge in [-0.2, -0.15) is 0 Å². The van der Waals surface area contributed by atoms with Crippen molar-refractivity contribution in [2.45, 2.75) is 34.1 Å². The Bertz CT molecular complexity index is 808. The molecule has 0 aliphatic carbocycles. The zero-order valence-electron chi connectivity index (χ0n) is 13.1. The first-order valence-electron chi connectivity index (χ1n) is 7.18. The second-order valence-corrected chi connectivity index (χ2v) is 5.15. The lowest BCUT2D eigenvalue weighted by atomic mass is 10.0. The molecule has 0 amide bonds. The predicted molar refractivity (Wildman–Crippen MR) is 82.1 cm³/mol. The molecule has 0 aliphatic rings. The van der Waals surface area contributed by atoms with Crippen molar-refractivity contribution in [2.75, 3.05) is 0 Å². The molecule has 0 fully saturated rings. The molecular formula is C16H17N5O. The van der Waals surface area contributed by atoms with Gasteiger partial charge in [-0.3, -0.25) is 9.97 Å². The summed E-state index contributed by atoms with van der Waals surface area (Å²) in [6, 6.07) is 0. The SMILES string of the molecule is CCc1c(C)noc1-c1cnc(C)nc1-c1cnc(C)cn1. The van der Waals surface area contributed by atoms with Crippen molar-refractivity contribution in [3.05, 3.63) is 41.4 Å². The van der Waals surface area contributed by atoms with E-state index in [0.717, 1.165) is 28.9 Å². The Morgan fingerprint density at radius 1 is 1.00 bits per heavy atom. The van der Waals surface area contributed by atoms with Crippen LogP contribution in [0.3, 0.4) is 0 Å². The van der Waals surface area contributed by atoms with Gasteiger partial charge in [-0.25, -0.2) is 9.97 Å². The molecule has 6 nitrogen and oxygen atoms in total. The summed E-state index contributed by atoms with van der Waals surface area (Å²) < 4.78 is 5.52. The molecule has 3 rings (SSSR count). The van der Waals surface area contributed by atoms with Crippen molar-refractivity contribution >= 4 is 0 Å². The van der Waals surface area contributed by atoms with Gasteiger partial charge < -0.3 is 4.52 Å². The fourth-order valence-electron chi connectivity index (χ4n) is 2.36. The highest BCUT2D eigenvalue weighted by Gasteiger charge is 2.20. The van der Waals surface area contributed by atoms with Gasteiger partial charge >= 0.3 is 0 Å². The summed E-state index contributed by atoms with van der Waals surface area (Å²) >= 11 is 0. The standard InChI is InChI=1S/C16H17N5O/c1-5-12-10(3)21-22-16(12)13-7-18-11(4)20-15(13)14-8-17-9(2)6-19-14/h6-8H,5H2,1-4H3. The number of aryl methyl sites for hydroxylation is 3. The Kier molecular flexibility index (Phi) is 3.66. The minimum Gasteiger partial charge on any atom is -0.356 e. The van der Waals surface area contributed by atoms with Gasteiger partial charge in [-0.15, -0.1) is 0 Å². The molecular weight excluding hydrogens is 278 g/mol. The third kappa shape index (κ3) is 2.47. The molecule has 0 N–H and O–H groups in total. The summed E-state index contributed by atoms with van der Waals surface area (Å²) in [7, 11) is 0. The lowest BCUT2D eigenvalue weighted by Crippen LogP contribution is -1.98. The van der Waals surface area contributed by atoms with Crippen molar-refractivity contribution in [3.8, 4) is 22.7 Å². The molecule has 0 spiro atoms. The van der Waals surface area contributed by atoms with Crippen LogP contribution in [0.5, 0.6) is 0 Å². The normalized spacial score (nSPS) is 10.9. The first kappa shape index (κ1) is 14.3. The summed E-state index contributed by atoms with van der Waals surface area (Å²) in [5, 5.41) is 4.07. The van der Waals surface area contributed by atoms with E-state index in [1.165, 1.54) is 0 Å². The summed E-state index contributed by atoms with van der Waals surface area (Å²) in [4.78, 5) is 17.6. The molecule has 112 valence electrons. The molecule has 0 bridgehead atoms. The van der Waals surface area contributed by atoms with Crippen LogP contribution in [-0.4, -0.2) is 25.1 Å². The predicted octanol–water partition coefficient (Wildman–Crippen LogP) is 3.08. The number of hydrogen-bond acceptors (Lipinski definition) is 6. The van der Waals surface area contributed by atoms with Crippen LogP contribution < -0.4 is 0 Å². The van der Waals surface area contributed by atoms with Gasteiger partial charge in [0.05, 0.1) is 23.1 Å². The highest BCUT2D eigenvalue weighted by atomic mass is 16.5. The zero-order valence-corrected chi connectivity index (χ0v) is 13.1. The van der Waals surface area contributed by atoms with Crippen LogP contribution in [0.15, 0.2) is 23.1 Å². The monoisotopic (exact) mass is 295 g/mol. The van der Waals surface area contributed by atoms with Crippen LogP contribution in [0.2, 0.25) is 0 Å². The third-order valence-corrected chi connectivity index (χ3v) is 3.52. The number of rotatable bonds is 3. The van der Waals surface area contributed by atoms with Crippen LogP contribution in [-0.2, 0) is 6.42 Å². The van der Waals surface area contributed by atoms with E-state index < -0.39 is 0 Å². The minimum atomic E-state index is 0.676. The van der Waals surface area contributed by atoms with Gasteiger partial charge in [0.2, 0.25) is 0 Å². The fourth-order valence-corrected chi connectivity index (χ4v) is 2.36. The Labute approximate surface area is 128 Å². The molecule has 3 aromatic rings. The smallest absolute Gasteiger partial charge is 0.174 e. The van der Waals surface area contributed by atoms with Gasteiger partial charge in [0, 0.05) is 18.0 Å². The van der Waals surface area contributed by atoms with Gasteiger partial charge in [-0.1, -0.05) is 12.1 Å². The molecule has 3 aromatic heterocycles. The Morgan fingerprint density at radius 2 is 1.82 bits per heavy atom. The third-order valence-electron chi connectivity index (χ3n) is 3.52. The lowest BCUT2D eigenvalue weighted by molar-refractivity contribution is 0.426. The highest BCUT2D eigenvalue weighted by Crippen LogP contribution is 2.32. The highest BCUT2D eigenvalue weighted by molar-refractivity contribution is 5.77. The zero-order chi connectivity index (χ0) is 15.7. The second kappa shape index (κ2) is 5.63. The van der Waals surface area contributed by atoms with Crippen LogP contribution in [0.1, 0.15) is 29.7 Å². The maximum absolute atomic E-state index is 5.52. The van der Waals surface area contributed by atoms with Crippen LogP contribution in [0.4, 0.5) is 0 Å². The van der Waals surface area contributed by atoms with E-state index in [0.29, 0.717) is 23.0 Å². The summed E-state index contributed by atoms with van der Waals surface area (Å²) in [6.45, 7) is 7.76. The molecule has 0 aromatic carbocycles. The Morgan fingerprint density at radius 3 is 2.50 bits per heavy atom. The van der Waals surface area contributed by atoms with Crippen LogP contribution in [0, 0.1) is 20.8 Å². The quantitative estimate of drug-likeness (QED) is 0.739. The van der Waals surface area contributed by atoms with E-state index in [1.807, 2.05) is 20.8 Å². The molecule has 0 radical (unpaired) electrons. The molecule has 0 unspecified atom stereocenters. The summed E-state index contributed by atoms with van der Waals surface area (Å²) in [5.74, 6) is 1.38. The van der Waals surface area contributed by atoms with Crippen molar-refractivity contribution in [3.63, 3.8) is 0 Å². The molecule has 0 saturated heterocycles. The Hall–Kier alpha value is -2.63. The average Bonchev–Trinajstić information content (AvgIpc) is 2.88. The van der Waals surface area contributed by atoms with Gasteiger partial charge in [0.1, 0.15) is 17.2 Å². The van der Waals surface area contributed by atoms with E-state index in [1.54, 1.807) is 18.6 Å². The average molecular weight is 295 g/mol. The fraction of sp³-hybridized carbons (Fsp3) is 0.312. The largest absolute Gasteiger partial charge is 0.356 e. The van der Waals surface area contributed by atoms with Gasteiger partial charge in [0.25, 0.3) is 0 Å². The van der Waals surface area contributed by atoms with E-state index in [9.17, 15) is 0 Å². The molecule has 0 saturated carbocycles. The molecule has 3 heterocycles. The van der Waals surface area contributed by atoms with Crippen molar-refractivity contribution in [2.24, 2.45) is 0 Å². The number of aromatic nitrogens is 5. The van der Waals surface area contributed by atoms with Gasteiger partial charge in [0.15, 0.2) is 5.76 Å². The topological polar surface area (TPSA) is 77.6 Å². The van der Waals surface area contributed by atoms with Crippen molar-refractivity contribution in [1.82, 2.24) is 25.1 Å². The number of nitrogens with zero attached hydrogens (tertiary/aromatic N) is 5. The van der Waals surface area contributed by atoms with Crippen molar-refractivity contribution in [1.29, 1.82) is 0 Å². The Balaban J connectivity index is 2.22. The van der Waals surface area contributed by atoms with Crippen molar-refractivity contribution < 1.29 is 4.52 Å². The molecule has 22 heavy (non-hydrogen) atoms. The molecule has 0 atom stereocenters. The first-order valence-corrected chi connectivity index (χ1v) is 7.18. The van der Waals surface area contributed by atoms with Gasteiger partial charge in [-0.05, 0) is 27.2 Å². The molecule has 0 aliphatic heterocycles. The number of hydrogen-bond donors (Lipinski definition) is 0. The maximum atomic E-state index is 5.52. The van der Waals surface area contributed by atoms with E-state index >= 15 is 0 Å². The van der Waals surface area contributed by atoms with E-state index in [-0.39, 0.29) is 0 Å². The summed E-state index contributed by atoms with van der Waals surface area (Å²) in [6.07, 6.45) is 6.04. The van der Waals surface area contributed by atoms with E-state index in [4.69, 9.17) is 4.52 Å². The first-order chi connectivity index (χ1) is 10.6. The summed E-state index contributed by atoms with van der Waals surface area (Å²) in [5.41, 5.74) is 5.02. The second-order valence-electron chi connectivity index (χ2n) is 5.15. The van der Waals surface area contributed by atoms with Crippen LogP contribution in [0.25, 0.3) is 22.7 Å². The minimum absolute atomic E-state index is 0.676. The lowest BCUT2D eigenvalue weighted by Gasteiger charge is -2.07. The van der Waals surface area contributed by atoms with E-state index in [2.05, 4.69) is 32.0 Å². The van der Waals surface area contributed by atoms with Crippen LogP contribution >= 0.6 is 0 Å².